The van der Waals surface area contributed by atoms with Crippen LogP contribution in [0.3, 0.4) is 0 Å². The van der Waals surface area contributed by atoms with Gasteiger partial charge in [0, 0.05) is 10.9 Å². The topological polar surface area (TPSA) is 42.2 Å². The lowest BCUT2D eigenvalue weighted by molar-refractivity contribution is 0.107. The first kappa shape index (κ1) is 15.6. The smallest absolute Gasteiger partial charge is 0.120 e. The van der Waals surface area contributed by atoms with Crippen LogP contribution in [0.2, 0.25) is 0 Å². The number of ether oxygens (including phenoxy) is 2. The SMILES string of the molecule is N#Cc1cccc(OCCCOCc2ccc(Br)cc2)c1. The van der Waals surface area contributed by atoms with E-state index in [4.69, 9.17) is 14.7 Å². The van der Waals surface area contributed by atoms with Gasteiger partial charge in [0.15, 0.2) is 0 Å². The summed E-state index contributed by atoms with van der Waals surface area (Å²) in [6, 6.07) is 17.3. The van der Waals surface area contributed by atoms with Gasteiger partial charge in [-0.2, -0.15) is 5.26 Å². The molecule has 108 valence electrons. The third-order valence-electron chi connectivity index (χ3n) is 2.85. The molecule has 0 radical (unpaired) electrons. The van der Waals surface area contributed by atoms with Crippen molar-refractivity contribution in [2.24, 2.45) is 0 Å². The molecular formula is C17H16BrNO2. The molecule has 0 heterocycles. The highest BCUT2D eigenvalue weighted by Gasteiger charge is 1.97. The van der Waals surface area contributed by atoms with Gasteiger partial charge in [0.05, 0.1) is 31.5 Å². The van der Waals surface area contributed by atoms with Gasteiger partial charge in [0.2, 0.25) is 0 Å². The molecule has 0 fully saturated rings. The Bertz CT molecular complexity index is 605. The molecule has 4 heteroatoms. The number of hydrogen-bond donors (Lipinski definition) is 0. The second-order valence-corrected chi connectivity index (χ2v) is 5.44. The summed E-state index contributed by atoms with van der Waals surface area (Å²) < 4.78 is 12.2. The van der Waals surface area contributed by atoms with Crippen molar-refractivity contribution in [3.05, 3.63) is 64.1 Å². The van der Waals surface area contributed by atoms with E-state index in [0.717, 1.165) is 22.2 Å². The highest BCUT2D eigenvalue weighted by Crippen LogP contribution is 2.13. The molecule has 0 saturated heterocycles. The lowest BCUT2D eigenvalue weighted by atomic mass is 10.2. The fourth-order valence-corrected chi connectivity index (χ4v) is 2.04. The van der Waals surface area contributed by atoms with Crippen LogP contribution >= 0.6 is 15.9 Å². The van der Waals surface area contributed by atoms with Gasteiger partial charge in [-0.1, -0.05) is 34.1 Å². The molecule has 0 bridgehead atoms. The predicted molar refractivity (Wildman–Crippen MR) is 85.1 cm³/mol. The molecule has 0 amide bonds. The van der Waals surface area contributed by atoms with Crippen LogP contribution in [0.1, 0.15) is 17.5 Å². The van der Waals surface area contributed by atoms with Crippen LogP contribution in [0.4, 0.5) is 0 Å². The van der Waals surface area contributed by atoms with E-state index >= 15 is 0 Å². The van der Waals surface area contributed by atoms with E-state index in [1.54, 1.807) is 12.1 Å². The lowest BCUT2D eigenvalue weighted by Gasteiger charge is -2.07. The normalized spacial score (nSPS) is 10.1. The molecule has 2 rings (SSSR count). The zero-order valence-corrected chi connectivity index (χ0v) is 13.2. The second-order valence-electron chi connectivity index (χ2n) is 4.52. The summed E-state index contributed by atoms with van der Waals surface area (Å²) in [6.45, 7) is 1.83. The number of benzene rings is 2. The molecule has 0 saturated carbocycles. The molecule has 0 atom stereocenters. The van der Waals surface area contributed by atoms with Crippen molar-refractivity contribution < 1.29 is 9.47 Å². The Labute approximate surface area is 133 Å². The molecule has 0 aliphatic heterocycles. The van der Waals surface area contributed by atoms with Gasteiger partial charge in [-0.3, -0.25) is 0 Å². The maximum absolute atomic E-state index is 8.80. The summed E-state index contributed by atoms with van der Waals surface area (Å²) in [7, 11) is 0. The molecule has 0 aliphatic carbocycles. The van der Waals surface area contributed by atoms with Crippen LogP contribution in [0.15, 0.2) is 53.0 Å². The maximum atomic E-state index is 8.80. The van der Waals surface area contributed by atoms with Crippen molar-refractivity contribution in [3.63, 3.8) is 0 Å². The number of nitriles is 1. The van der Waals surface area contributed by atoms with Crippen molar-refractivity contribution in [2.45, 2.75) is 13.0 Å². The average Bonchev–Trinajstić information content (AvgIpc) is 2.52. The van der Waals surface area contributed by atoms with Crippen LogP contribution in [0.5, 0.6) is 5.75 Å². The van der Waals surface area contributed by atoms with Gasteiger partial charge in [-0.25, -0.2) is 0 Å². The Morgan fingerprint density at radius 3 is 2.62 bits per heavy atom. The molecule has 2 aromatic rings. The quantitative estimate of drug-likeness (QED) is 0.702. The fraction of sp³-hybridized carbons (Fsp3) is 0.235. The van der Waals surface area contributed by atoms with Crippen molar-refractivity contribution in [1.82, 2.24) is 0 Å². The third kappa shape index (κ3) is 5.58. The molecule has 0 unspecified atom stereocenters. The largest absolute Gasteiger partial charge is 0.493 e. The van der Waals surface area contributed by atoms with E-state index in [9.17, 15) is 0 Å². The molecule has 0 spiro atoms. The van der Waals surface area contributed by atoms with Crippen molar-refractivity contribution in [2.75, 3.05) is 13.2 Å². The first-order chi connectivity index (χ1) is 10.3. The Morgan fingerprint density at radius 2 is 1.86 bits per heavy atom. The molecule has 21 heavy (non-hydrogen) atoms. The second kappa shape index (κ2) is 8.46. The van der Waals surface area contributed by atoms with Crippen LogP contribution < -0.4 is 4.74 Å². The van der Waals surface area contributed by atoms with E-state index in [-0.39, 0.29) is 0 Å². The highest BCUT2D eigenvalue weighted by molar-refractivity contribution is 9.10. The summed E-state index contributed by atoms with van der Waals surface area (Å²) in [4.78, 5) is 0. The van der Waals surface area contributed by atoms with Crippen LogP contribution in [0, 0.1) is 11.3 Å². The number of nitrogens with zero attached hydrogens (tertiary/aromatic N) is 1. The van der Waals surface area contributed by atoms with Crippen LogP contribution in [0.25, 0.3) is 0 Å². The summed E-state index contributed by atoms with van der Waals surface area (Å²) in [5.41, 5.74) is 1.76. The summed E-state index contributed by atoms with van der Waals surface area (Å²) >= 11 is 3.40. The number of rotatable bonds is 7. The van der Waals surface area contributed by atoms with Crippen molar-refractivity contribution >= 4 is 15.9 Å². The minimum Gasteiger partial charge on any atom is -0.493 e. The van der Waals surface area contributed by atoms with E-state index < -0.39 is 0 Å². The Kier molecular flexibility index (Phi) is 6.26. The van der Waals surface area contributed by atoms with Crippen LogP contribution in [-0.2, 0) is 11.3 Å². The Hall–Kier alpha value is -1.83. The predicted octanol–water partition coefficient (Wildman–Crippen LogP) is 4.31. The maximum Gasteiger partial charge on any atom is 0.120 e. The number of hydrogen-bond acceptors (Lipinski definition) is 3. The van der Waals surface area contributed by atoms with Crippen molar-refractivity contribution in [1.29, 1.82) is 5.26 Å². The van der Waals surface area contributed by atoms with Gasteiger partial charge >= 0.3 is 0 Å². The molecule has 2 aromatic carbocycles. The Morgan fingerprint density at radius 1 is 1.05 bits per heavy atom. The highest BCUT2D eigenvalue weighted by atomic mass is 79.9. The monoisotopic (exact) mass is 345 g/mol. The van der Waals surface area contributed by atoms with E-state index in [2.05, 4.69) is 22.0 Å². The summed E-state index contributed by atoms with van der Waals surface area (Å²) in [6.07, 6.45) is 0.813. The molecular weight excluding hydrogens is 330 g/mol. The lowest BCUT2D eigenvalue weighted by Crippen LogP contribution is -2.03. The zero-order valence-electron chi connectivity index (χ0n) is 11.6. The van der Waals surface area contributed by atoms with E-state index in [1.165, 1.54) is 0 Å². The van der Waals surface area contributed by atoms with E-state index in [0.29, 0.717) is 25.4 Å². The first-order valence-electron chi connectivity index (χ1n) is 6.73. The molecule has 0 N–H and O–H groups in total. The number of halogens is 1. The standard InChI is InChI=1S/C17H16BrNO2/c18-16-7-5-14(6-8-16)13-20-9-2-10-21-17-4-1-3-15(11-17)12-19/h1,3-8,11H,2,9-10,13H2. The minimum atomic E-state index is 0.579. The summed E-state index contributed by atoms with van der Waals surface area (Å²) in [5, 5.41) is 8.80. The fourth-order valence-electron chi connectivity index (χ4n) is 1.78. The summed E-state index contributed by atoms with van der Waals surface area (Å²) in [5.74, 6) is 0.724. The van der Waals surface area contributed by atoms with Gasteiger partial charge in [0.1, 0.15) is 5.75 Å². The zero-order chi connectivity index (χ0) is 14.9. The molecule has 0 aromatic heterocycles. The van der Waals surface area contributed by atoms with Gasteiger partial charge in [-0.15, -0.1) is 0 Å². The van der Waals surface area contributed by atoms with Gasteiger partial charge in [0.25, 0.3) is 0 Å². The molecule has 3 nitrogen and oxygen atoms in total. The molecule has 0 aliphatic rings. The Balaban J connectivity index is 1.62. The third-order valence-corrected chi connectivity index (χ3v) is 3.38. The minimum absolute atomic E-state index is 0.579. The average molecular weight is 346 g/mol. The van der Waals surface area contributed by atoms with Gasteiger partial charge in [-0.05, 0) is 35.9 Å². The van der Waals surface area contributed by atoms with Crippen LogP contribution in [-0.4, -0.2) is 13.2 Å². The van der Waals surface area contributed by atoms with Crippen molar-refractivity contribution in [3.8, 4) is 11.8 Å². The van der Waals surface area contributed by atoms with E-state index in [1.807, 2.05) is 36.4 Å². The first-order valence-corrected chi connectivity index (χ1v) is 7.52. The van der Waals surface area contributed by atoms with Gasteiger partial charge < -0.3 is 9.47 Å².